The number of benzene rings is 2. The second kappa shape index (κ2) is 9.58. The lowest BCUT2D eigenvalue weighted by molar-refractivity contribution is 0.0748. The van der Waals surface area contributed by atoms with Crippen LogP contribution in [0.5, 0.6) is 0 Å². The van der Waals surface area contributed by atoms with E-state index >= 15 is 0 Å². The third kappa shape index (κ3) is 4.68. The lowest BCUT2D eigenvalue weighted by Gasteiger charge is -2.35. The van der Waals surface area contributed by atoms with Gasteiger partial charge in [-0.1, -0.05) is 36.4 Å². The predicted molar refractivity (Wildman–Crippen MR) is 128 cm³/mol. The summed E-state index contributed by atoms with van der Waals surface area (Å²) in [6.45, 7) is 3.98. The molecule has 0 bridgehead atoms. The van der Waals surface area contributed by atoms with Gasteiger partial charge in [-0.05, 0) is 41.8 Å². The second-order valence-electron chi connectivity index (χ2n) is 8.56. The Morgan fingerprint density at radius 1 is 1.00 bits per heavy atom. The minimum absolute atomic E-state index is 0.0673. The molecule has 0 aliphatic carbocycles. The summed E-state index contributed by atoms with van der Waals surface area (Å²) in [6.07, 6.45) is 3.78. The van der Waals surface area contributed by atoms with Crippen LogP contribution in [0.4, 0.5) is 5.82 Å². The van der Waals surface area contributed by atoms with Crippen molar-refractivity contribution in [1.82, 2.24) is 15.2 Å². The first-order chi connectivity index (χ1) is 16.2. The van der Waals surface area contributed by atoms with Gasteiger partial charge in [0.2, 0.25) is 0 Å². The fraction of sp³-hybridized carbons (Fsp3) is 0.346. The first-order valence-electron chi connectivity index (χ1n) is 11.6. The lowest BCUT2D eigenvalue weighted by atomic mass is 10.0. The number of hydrogen-bond acceptors (Lipinski definition) is 5. The number of aromatic nitrogens is 1. The lowest BCUT2D eigenvalue weighted by Crippen LogP contribution is -2.49. The molecular formula is C26H28N4O3. The fourth-order valence-electron chi connectivity index (χ4n) is 4.54. The number of anilines is 1. The summed E-state index contributed by atoms with van der Waals surface area (Å²) in [5.74, 6) is 0.760. The van der Waals surface area contributed by atoms with Crippen molar-refractivity contribution in [2.75, 3.05) is 44.2 Å². The minimum atomic E-state index is -0.130. The number of nitrogens with one attached hydrogen (secondary N) is 1. The Morgan fingerprint density at radius 2 is 1.82 bits per heavy atom. The van der Waals surface area contributed by atoms with E-state index < -0.39 is 0 Å². The molecule has 7 nitrogen and oxygen atoms in total. The summed E-state index contributed by atoms with van der Waals surface area (Å²) in [5, 5.41) is 4.99. The largest absolute Gasteiger partial charge is 0.376 e. The van der Waals surface area contributed by atoms with Crippen molar-refractivity contribution in [3.05, 3.63) is 71.9 Å². The first-order valence-corrected chi connectivity index (χ1v) is 11.6. The number of carbonyl (C=O) groups is 2. The van der Waals surface area contributed by atoms with Crippen LogP contribution in [-0.2, 0) is 4.74 Å². The third-order valence-corrected chi connectivity index (χ3v) is 6.44. The van der Waals surface area contributed by atoms with Crippen LogP contribution in [0, 0.1) is 0 Å². The number of fused-ring (bicyclic) bond motifs is 1. The van der Waals surface area contributed by atoms with Crippen molar-refractivity contribution in [1.29, 1.82) is 0 Å². The van der Waals surface area contributed by atoms with Gasteiger partial charge in [0.25, 0.3) is 11.8 Å². The van der Waals surface area contributed by atoms with Crippen LogP contribution in [0.1, 0.15) is 33.6 Å². The number of hydrogen-bond donors (Lipinski definition) is 1. The Morgan fingerprint density at radius 3 is 2.58 bits per heavy atom. The molecule has 1 unspecified atom stereocenters. The maximum Gasteiger partial charge on any atom is 0.254 e. The van der Waals surface area contributed by atoms with Crippen molar-refractivity contribution < 1.29 is 14.3 Å². The Labute approximate surface area is 193 Å². The molecule has 33 heavy (non-hydrogen) atoms. The number of pyridine rings is 1. The molecule has 2 fully saturated rings. The molecule has 0 spiro atoms. The van der Waals surface area contributed by atoms with E-state index in [1.54, 1.807) is 12.3 Å². The van der Waals surface area contributed by atoms with Gasteiger partial charge in [0.1, 0.15) is 5.82 Å². The average molecular weight is 445 g/mol. The Bertz CT molecular complexity index is 1130. The van der Waals surface area contributed by atoms with Crippen LogP contribution in [0.2, 0.25) is 0 Å². The molecule has 2 aromatic carbocycles. The zero-order valence-corrected chi connectivity index (χ0v) is 18.6. The zero-order valence-electron chi connectivity index (χ0n) is 18.6. The first kappa shape index (κ1) is 21.4. The van der Waals surface area contributed by atoms with Crippen LogP contribution < -0.4 is 10.2 Å². The zero-order chi connectivity index (χ0) is 22.6. The van der Waals surface area contributed by atoms with Gasteiger partial charge in [-0.3, -0.25) is 9.59 Å². The molecule has 0 saturated carbocycles. The standard InChI is InChI=1S/C26H28N4O3/c31-25(28-18-21-7-4-16-33-21)20-10-11-24(27-17-20)29-12-14-30(15-13-29)26(32)23-9-3-6-19-5-1-2-8-22(19)23/h1-3,5-6,8-11,17,21H,4,7,12-16,18H2,(H,28,31). The number of nitrogens with zero attached hydrogens (tertiary/aromatic N) is 3. The van der Waals surface area contributed by atoms with E-state index in [1.165, 1.54) is 0 Å². The van der Waals surface area contributed by atoms with Crippen LogP contribution in [-0.4, -0.2) is 67.1 Å². The molecule has 1 atom stereocenters. The summed E-state index contributed by atoms with van der Waals surface area (Å²) in [4.78, 5) is 34.1. The number of ether oxygens (including phenoxy) is 1. The van der Waals surface area contributed by atoms with Crippen molar-refractivity contribution in [2.45, 2.75) is 18.9 Å². The Hall–Kier alpha value is -3.45. The molecule has 2 aliphatic rings. The van der Waals surface area contributed by atoms with Crippen LogP contribution in [0.3, 0.4) is 0 Å². The maximum absolute atomic E-state index is 13.2. The molecule has 2 aliphatic heterocycles. The van der Waals surface area contributed by atoms with Crippen molar-refractivity contribution in [2.24, 2.45) is 0 Å². The fourth-order valence-corrected chi connectivity index (χ4v) is 4.54. The van der Waals surface area contributed by atoms with Crippen molar-refractivity contribution in [3.63, 3.8) is 0 Å². The van der Waals surface area contributed by atoms with E-state index in [0.29, 0.717) is 38.3 Å². The Balaban J connectivity index is 1.17. The second-order valence-corrected chi connectivity index (χ2v) is 8.56. The number of rotatable bonds is 5. The van der Waals surface area contributed by atoms with Gasteiger partial charge >= 0.3 is 0 Å². The van der Waals surface area contributed by atoms with E-state index in [2.05, 4.69) is 15.2 Å². The number of carbonyl (C=O) groups excluding carboxylic acids is 2. The smallest absolute Gasteiger partial charge is 0.254 e. The van der Waals surface area contributed by atoms with Gasteiger partial charge < -0.3 is 19.9 Å². The molecule has 1 aromatic heterocycles. The minimum Gasteiger partial charge on any atom is -0.376 e. The molecule has 3 aromatic rings. The monoisotopic (exact) mass is 444 g/mol. The van der Waals surface area contributed by atoms with Gasteiger partial charge in [-0.2, -0.15) is 0 Å². The molecule has 2 amide bonds. The van der Waals surface area contributed by atoms with E-state index in [4.69, 9.17) is 4.74 Å². The highest BCUT2D eigenvalue weighted by Gasteiger charge is 2.24. The van der Waals surface area contributed by atoms with Crippen LogP contribution in [0.25, 0.3) is 10.8 Å². The van der Waals surface area contributed by atoms with Crippen molar-refractivity contribution >= 4 is 28.4 Å². The summed E-state index contributed by atoms with van der Waals surface area (Å²) < 4.78 is 5.55. The summed E-state index contributed by atoms with van der Waals surface area (Å²) in [7, 11) is 0. The molecular weight excluding hydrogens is 416 g/mol. The summed E-state index contributed by atoms with van der Waals surface area (Å²) in [5.41, 5.74) is 1.29. The normalized spacial score (nSPS) is 18.5. The SMILES string of the molecule is O=C(NCC1CCCO1)c1ccc(N2CCN(C(=O)c3cccc4ccccc34)CC2)nc1. The van der Waals surface area contributed by atoms with Crippen LogP contribution in [0.15, 0.2) is 60.8 Å². The molecule has 170 valence electrons. The third-order valence-electron chi connectivity index (χ3n) is 6.44. The predicted octanol–water partition coefficient (Wildman–Crippen LogP) is 3.11. The highest BCUT2D eigenvalue weighted by Crippen LogP contribution is 2.22. The molecule has 7 heteroatoms. The summed E-state index contributed by atoms with van der Waals surface area (Å²) in [6, 6.07) is 17.5. The van der Waals surface area contributed by atoms with E-state index in [1.807, 2.05) is 53.4 Å². The molecule has 3 heterocycles. The van der Waals surface area contributed by atoms with Crippen molar-refractivity contribution in [3.8, 4) is 0 Å². The number of amides is 2. The topological polar surface area (TPSA) is 74.8 Å². The van der Waals surface area contributed by atoms with E-state index in [0.717, 1.165) is 41.6 Å². The Kier molecular flexibility index (Phi) is 6.21. The highest BCUT2D eigenvalue weighted by molar-refractivity contribution is 6.07. The van der Waals surface area contributed by atoms with Gasteiger partial charge in [0.05, 0.1) is 11.7 Å². The molecule has 1 N–H and O–H groups in total. The molecule has 5 rings (SSSR count). The van der Waals surface area contributed by atoms with E-state index in [9.17, 15) is 9.59 Å². The van der Waals surface area contributed by atoms with E-state index in [-0.39, 0.29) is 17.9 Å². The quantitative estimate of drug-likeness (QED) is 0.655. The summed E-state index contributed by atoms with van der Waals surface area (Å²) >= 11 is 0. The van der Waals surface area contributed by atoms with Crippen LogP contribution >= 0.6 is 0 Å². The highest BCUT2D eigenvalue weighted by atomic mass is 16.5. The van der Waals surface area contributed by atoms with Gasteiger partial charge in [-0.25, -0.2) is 4.98 Å². The molecule has 0 radical (unpaired) electrons. The van der Waals surface area contributed by atoms with Gasteiger partial charge in [0, 0.05) is 51.1 Å². The van der Waals surface area contributed by atoms with Gasteiger partial charge in [0.15, 0.2) is 0 Å². The average Bonchev–Trinajstić information content (AvgIpc) is 3.40. The number of piperazine rings is 1. The maximum atomic E-state index is 13.2. The molecule has 2 saturated heterocycles. The van der Waals surface area contributed by atoms with Gasteiger partial charge in [-0.15, -0.1) is 0 Å².